The van der Waals surface area contributed by atoms with Crippen LogP contribution in [0.25, 0.3) is 16.8 Å². The molecule has 0 unspecified atom stereocenters. The molecule has 4 aromatic rings. The number of rotatable bonds is 2. The van der Waals surface area contributed by atoms with Crippen molar-refractivity contribution in [3.8, 4) is 17.0 Å². The molecule has 35 heavy (non-hydrogen) atoms. The van der Waals surface area contributed by atoms with E-state index in [1.165, 1.54) is 16.8 Å². The van der Waals surface area contributed by atoms with Gasteiger partial charge >= 0.3 is 0 Å². The minimum Gasteiger partial charge on any atom is -0.473 e. The Balaban J connectivity index is 1.79. The third-order valence-corrected chi connectivity index (χ3v) is 6.05. The number of nitrogens with two attached hydrogens (primary N) is 1. The number of anilines is 2. The molecule has 2 bridgehead atoms. The number of halogens is 1. The second-order valence-electron chi connectivity index (χ2n) is 9.13. The molecule has 0 spiro atoms. The van der Waals surface area contributed by atoms with E-state index in [2.05, 4.69) is 20.7 Å². The Morgan fingerprint density at radius 1 is 1.31 bits per heavy atom. The molecule has 1 amide bonds. The highest BCUT2D eigenvalue weighted by Gasteiger charge is 2.28. The molecule has 4 N–H and O–H groups in total. The van der Waals surface area contributed by atoms with Crippen molar-refractivity contribution in [2.24, 2.45) is 13.0 Å². The van der Waals surface area contributed by atoms with Crippen LogP contribution in [0.3, 0.4) is 0 Å². The van der Waals surface area contributed by atoms with Gasteiger partial charge in [0.2, 0.25) is 5.88 Å². The number of fused-ring (bicyclic) bond motifs is 2. The lowest BCUT2D eigenvalue weighted by Crippen LogP contribution is -2.34. The van der Waals surface area contributed by atoms with Gasteiger partial charge in [0.15, 0.2) is 5.65 Å². The second kappa shape index (κ2) is 8.57. The van der Waals surface area contributed by atoms with Gasteiger partial charge in [-0.3, -0.25) is 4.79 Å². The summed E-state index contributed by atoms with van der Waals surface area (Å²) in [6, 6.07) is 2.91. The van der Waals surface area contributed by atoms with Crippen molar-refractivity contribution in [2.45, 2.75) is 32.9 Å². The van der Waals surface area contributed by atoms with Crippen molar-refractivity contribution in [3.63, 3.8) is 0 Å². The predicted octanol–water partition coefficient (Wildman–Crippen LogP) is 3.17. The van der Waals surface area contributed by atoms with Crippen LogP contribution in [0.5, 0.6) is 5.88 Å². The molecular weight excluding hydrogens is 451 g/mol. The molecule has 182 valence electrons. The van der Waals surface area contributed by atoms with Crippen LogP contribution < -0.4 is 21.1 Å². The standard InChI is InChI=1S/C24H27FN8O2/c1-12(2)19-16-7-15(25)9-28-24(16)35-13(3)8-27-23(34)17-10-29-33-20(26)18(14-5-6-32(4)11-14)21(30-19)31-22(17)33/h5-7,9-13,19H,8,26H2,1-4H3,(H,27,34)(H,30,31)/t13-,19+/m0/s1. The summed E-state index contributed by atoms with van der Waals surface area (Å²) >= 11 is 0. The normalized spacial score (nSPS) is 18.3. The number of carbonyl (C=O) groups excluding carboxylic acids is 1. The van der Waals surface area contributed by atoms with Crippen LogP contribution in [0, 0.1) is 11.7 Å². The maximum absolute atomic E-state index is 14.4. The number of nitrogen functional groups attached to an aromatic ring is 1. The highest BCUT2D eigenvalue weighted by atomic mass is 19.1. The summed E-state index contributed by atoms with van der Waals surface area (Å²) in [5.74, 6) is 0.215. The van der Waals surface area contributed by atoms with Crippen molar-refractivity contribution in [3.05, 3.63) is 53.9 Å². The lowest BCUT2D eigenvalue weighted by Gasteiger charge is -2.27. The minimum atomic E-state index is -0.477. The van der Waals surface area contributed by atoms with Crippen molar-refractivity contribution < 1.29 is 13.9 Å². The number of aryl methyl sites for hydroxylation is 1. The maximum atomic E-state index is 14.4. The van der Waals surface area contributed by atoms with Gasteiger partial charge in [-0.2, -0.15) is 9.61 Å². The Kier molecular flexibility index (Phi) is 5.54. The molecule has 1 aliphatic heterocycles. The van der Waals surface area contributed by atoms with Gasteiger partial charge in [-0.1, -0.05) is 13.8 Å². The molecule has 10 nitrogen and oxygen atoms in total. The zero-order valence-corrected chi connectivity index (χ0v) is 19.9. The smallest absolute Gasteiger partial charge is 0.256 e. The van der Waals surface area contributed by atoms with Crippen molar-refractivity contribution >= 4 is 23.2 Å². The van der Waals surface area contributed by atoms with E-state index in [1.54, 1.807) is 0 Å². The number of aromatic nitrogens is 5. The third-order valence-electron chi connectivity index (χ3n) is 6.05. The number of nitrogens with one attached hydrogen (secondary N) is 2. The first-order valence-corrected chi connectivity index (χ1v) is 11.4. The van der Waals surface area contributed by atoms with E-state index in [1.807, 2.05) is 50.8 Å². The fourth-order valence-electron chi connectivity index (χ4n) is 4.29. The molecule has 11 heteroatoms. The molecule has 5 rings (SSSR count). The van der Waals surface area contributed by atoms with Crippen molar-refractivity contribution in [1.82, 2.24) is 29.5 Å². The summed E-state index contributed by atoms with van der Waals surface area (Å²) in [6.07, 6.45) is 5.96. The zero-order valence-electron chi connectivity index (χ0n) is 19.9. The number of hydrogen-bond acceptors (Lipinski definition) is 7. The lowest BCUT2D eigenvalue weighted by molar-refractivity contribution is 0.0932. The summed E-state index contributed by atoms with van der Waals surface area (Å²) in [5.41, 5.74) is 9.19. The molecule has 0 saturated carbocycles. The van der Waals surface area contributed by atoms with Crippen LogP contribution in [-0.2, 0) is 7.05 Å². The Morgan fingerprint density at radius 2 is 2.11 bits per heavy atom. The maximum Gasteiger partial charge on any atom is 0.256 e. The van der Waals surface area contributed by atoms with E-state index in [4.69, 9.17) is 15.5 Å². The third kappa shape index (κ3) is 4.02. The summed E-state index contributed by atoms with van der Waals surface area (Å²) in [5, 5.41) is 10.6. The SMILES string of the molecule is CC(C)[C@H]1Nc2nc3c(cnn3c(N)c2-c2ccn(C)c2)C(=O)NC[C@H](C)Oc2ncc(F)cc21. The second-order valence-corrected chi connectivity index (χ2v) is 9.13. The first-order valence-electron chi connectivity index (χ1n) is 11.4. The molecule has 4 aromatic heterocycles. The lowest BCUT2D eigenvalue weighted by atomic mass is 9.96. The largest absolute Gasteiger partial charge is 0.473 e. The summed E-state index contributed by atoms with van der Waals surface area (Å²) in [6.45, 7) is 6.03. The van der Waals surface area contributed by atoms with Gasteiger partial charge in [0.05, 0.1) is 30.5 Å². The molecule has 0 aromatic carbocycles. The van der Waals surface area contributed by atoms with Gasteiger partial charge in [0, 0.05) is 30.6 Å². The van der Waals surface area contributed by atoms with E-state index >= 15 is 0 Å². The number of ether oxygens (including phenoxy) is 1. The van der Waals surface area contributed by atoms with Gasteiger partial charge in [-0.05, 0) is 25.0 Å². The Bertz CT molecular complexity index is 1430. The van der Waals surface area contributed by atoms with Crippen LogP contribution in [-0.4, -0.2) is 42.7 Å². The van der Waals surface area contributed by atoms with Gasteiger partial charge in [0.1, 0.15) is 29.1 Å². The van der Waals surface area contributed by atoms with Crippen LogP contribution in [0.15, 0.2) is 36.9 Å². The van der Waals surface area contributed by atoms with Crippen LogP contribution in [0.2, 0.25) is 0 Å². The van der Waals surface area contributed by atoms with Crippen LogP contribution in [0.1, 0.15) is 42.7 Å². The van der Waals surface area contributed by atoms with Gasteiger partial charge in [-0.25, -0.2) is 14.4 Å². The average molecular weight is 479 g/mol. The molecule has 0 radical (unpaired) electrons. The first-order chi connectivity index (χ1) is 16.7. The van der Waals surface area contributed by atoms with E-state index in [0.717, 1.165) is 11.8 Å². The van der Waals surface area contributed by atoms with E-state index < -0.39 is 18.0 Å². The highest BCUT2D eigenvalue weighted by Crippen LogP contribution is 2.39. The molecule has 0 fully saturated rings. The number of pyridine rings is 1. The Morgan fingerprint density at radius 3 is 2.83 bits per heavy atom. The van der Waals surface area contributed by atoms with E-state index in [0.29, 0.717) is 28.4 Å². The number of carbonyl (C=O) groups is 1. The topological polar surface area (TPSA) is 124 Å². The molecule has 5 heterocycles. The molecule has 1 aliphatic rings. The fraction of sp³-hybridized carbons (Fsp3) is 0.333. The fourth-order valence-corrected chi connectivity index (χ4v) is 4.29. The number of hydrogen-bond donors (Lipinski definition) is 3. The monoisotopic (exact) mass is 478 g/mol. The number of nitrogens with zero attached hydrogens (tertiary/aromatic N) is 5. The minimum absolute atomic E-state index is 0.00611. The summed E-state index contributed by atoms with van der Waals surface area (Å²) in [4.78, 5) is 22.0. The molecule has 0 saturated heterocycles. The first kappa shape index (κ1) is 22.6. The van der Waals surface area contributed by atoms with Crippen molar-refractivity contribution in [1.29, 1.82) is 0 Å². The summed E-state index contributed by atoms with van der Waals surface area (Å²) in [7, 11) is 1.91. The molecule has 2 atom stereocenters. The van der Waals surface area contributed by atoms with Crippen LogP contribution >= 0.6 is 0 Å². The molecular formula is C24H27FN8O2. The number of amides is 1. The van der Waals surface area contributed by atoms with Gasteiger partial charge < -0.3 is 25.7 Å². The zero-order chi connectivity index (χ0) is 24.9. The van der Waals surface area contributed by atoms with Crippen molar-refractivity contribution in [2.75, 3.05) is 17.6 Å². The average Bonchev–Trinajstić information content (AvgIpc) is 3.43. The molecule has 0 aliphatic carbocycles. The van der Waals surface area contributed by atoms with Crippen LogP contribution in [0.4, 0.5) is 16.0 Å². The quantitative estimate of drug-likeness (QED) is 0.404. The predicted molar refractivity (Wildman–Crippen MR) is 130 cm³/mol. The van der Waals surface area contributed by atoms with E-state index in [9.17, 15) is 9.18 Å². The Hall–Kier alpha value is -4.15. The van der Waals surface area contributed by atoms with Gasteiger partial charge in [0.25, 0.3) is 5.91 Å². The highest BCUT2D eigenvalue weighted by molar-refractivity contribution is 6.01. The van der Waals surface area contributed by atoms with Gasteiger partial charge in [-0.15, -0.1) is 0 Å². The summed E-state index contributed by atoms with van der Waals surface area (Å²) < 4.78 is 23.8. The van der Waals surface area contributed by atoms with E-state index in [-0.39, 0.29) is 29.8 Å². The Labute approximate surface area is 201 Å².